The topological polar surface area (TPSA) is 73.1 Å². The maximum atomic E-state index is 13.8. The number of nitrogen functional groups attached to an aromatic ring is 1. The van der Waals surface area contributed by atoms with Gasteiger partial charge >= 0.3 is 0 Å². The molecule has 0 radical (unpaired) electrons. The fourth-order valence-electron chi connectivity index (χ4n) is 1.40. The van der Waals surface area contributed by atoms with Crippen LogP contribution in [-0.4, -0.2) is 9.97 Å². The fraction of sp³-hybridized carbons (Fsp3) is 0.167. The average molecular weight is 248 g/mol. The Hall–Kier alpha value is -2.21. The Morgan fingerprint density at radius 3 is 2.78 bits per heavy atom. The molecule has 0 bridgehead atoms. The number of hydrazine groups is 1. The van der Waals surface area contributed by atoms with Crippen LogP contribution >= 0.6 is 0 Å². The number of aryl methyl sites for hydroxylation is 2. The van der Waals surface area contributed by atoms with Crippen molar-refractivity contribution in [2.24, 2.45) is 5.84 Å². The molecule has 0 unspecified atom stereocenters. The average Bonchev–Trinajstić information content (AvgIpc) is 2.37. The summed E-state index contributed by atoms with van der Waals surface area (Å²) in [6.07, 6.45) is 1.55. The fourth-order valence-corrected chi connectivity index (χ4v) is 1.40. The minimum absolute atomic E-state index is 0.125. The van der Waals surface area contributed by atoms with Gasteiger partial charge in [-0.1, -0.05) is 12.1 Å². The van der Waals surface area contributed by atoms with Crippen molar-refractivity contribution in [3.05, 3.63) is 41.3 Å². The summed E-state index contributed by atoms with van der Waals surface area (Å²) >= 11 is 0. The van der Waals surface area contributed by atoms with Crippen molar-refractivity contribution in [2.45, 2.75) is 13.8 Å². The summed E-state index contributed by atoms with van der Waals surface area (Å²) in [4.78, 5) is 7.94. The molecule has 0 aliphatic carbocycles. The Kier molecular flexibility index (Phi) is 3.38. The maximum absolute atomic E-state index is 13.8. The van der Waals surface area contributed by atoms with Gasteiger partial charge in [-0.25, -0.2) is 15.2 Å². The molecule has 1 heterocycles. The molecule has 0 saturated heterocycles. The molecule has 1 aromatic carbocycles. The van der Waals surface area contributed by atoms with E-state index in [1.54, 1.807) is 38.2 Å². The van der Waals surface area contributed by atoms with E-state index in [1.807, 2.05) is 0 Å². The molecular weight excluding hydrogens is 235 g/mol. The van der Waals surface area contributed by atoms with Crippen molar-refractivity contribution in [1.29, 1.82) is 0 Å². The molecule has 2 rings (SSSR count). The number of rotatable bonds is 3. The molecular formula is C12H13FN4O. The van der Waals surface area contributed by atoms with Gasteiger partial charge in [-0.05, 0) is 25.5 Å². The second kappa shape index (κ2) is 4.97. The summed E-state index contributed by atoms with van der Waals surface area (Å²) in [5.74, 6) is 5.41. The van der Waals surface area contributed by atoms with Gasteiger partial charge in [0.15, 0.2) is 11.6 Å². The number of nitrogens with zero attached hydrogens (tertiary/aromatic N) is 2. The van der Waals surface area contributed by atoms with Crippen LogP contribution in [0.25, 0.3) is 0 Å². The van der Waals surface area contributed by atoms with Gasteiger partial charge in [0.1, 0.15) is 0 Å². The Morgan fingerprint density at radius 1 is 1.28 bits per heavy atom. The highest BCUT2D eigenvalue weighted by molar-refractivity contribution is 5.37. The van der Waals surface area contributed by atoms with E-state index in [0.29, 0.717) is 11.1 Å². The molecule has 0 amide bonds. The first-order valence-corrected chi connectivity index (χ1v) is 5.35. The second-order valence-corrected chi connectivity index (χ2v) is 3.82. The highest BCUT2D eigenvalue weighted by Gasteiger charge is 2.10. The van der Waals surface area contributed by atoms with Gasteiger partial charge in [-0.15, -0.1) is 0 Å². The molecule has 0 aliphatic heterocycles. The molecule has 2 aromatic rings. The van der Waals surface area contributed by atoms with Crippen molar-refractivity contribution in [1.82, 2.24) is 9.97 Å². The number of aromatic nitrogens is 2. The number of nitrogens with one attached hydrogen (secondary N) is 1. The minimum atomic E-state index is -0.405. The molecule has 94 valence electrons. The van der Waals surface area contributed by atoms with E-state index in [9.17, 15) is 4.39 Å². The van der Waals surface area contributed by atoms with Crippen molar-refractivity contribution >= 4 is 5.95 Å². The second-order valence-electron chi connectivity index (χ2n) is 3.82. The lowest BCUT2D eigenvalue weighted by molar-refractivity contribution is 0.422. The van der Waals surface area contributed by atoms with Crippen LogP contribution in [0.2, 0.25) is 0 Å². The van der Waals surface area contributed by atoms with Crippen molar-refractivity contribution < 1.29 is 9.13 Å². The standard InChI is InChI=1S/C12H13FN4O/c1-7-4-3-5-9(10(7)13)18-11-8(2)6-15-12(16-11)17-14/h3-6H,14H2,1-2H3,(H,15,16,17). The SMILES string of the molecule is Cc1cnc(NN)nc1Oc1cccc(C)c1F. The molecule has 1 aromatic heterocycles. The molecule has 0 spiro atoms. The number of nitrogens with two attached hydrogens (primary N) is 1. The summed E-state index contributed by atoms with van der Waals surface area (Å²) in [6.45, 7) is 3.44. The highest BCUT2D eigenvalue weighted by Crippen LogP contribution is 2.27. The van der Waals surface area contributed by atoms with Crippen LogP contribution < -0.4 is 16.0 Å². The molecule has 5 nitrogen and oxygen atoms in total. The molecule has 3 N–H and O–H groups in total. The first-order chi connectivity index (χ1) is 8.61. The van der Waals surface area contributed by atoms with Crippen molar-refractivity contribution in [3.63, 3.8) is 0 Å². The predicted octanol–water partition coefficient (Wildman–Crippen LogP) is 2.31. The number of hydrogen-bond donors (Lipinski definition) is 2. The number of hydrogen-bond acceptors (Lipinski definition) is 5. The van der Waals surface area contributed by atoms with Gasteiger partial charge in [0.05, 0.1) is 0 Å². The lowest BCUT2D eigenvalue weighted by Gasteiger charge is -2.10. The van der Waals surface area contributed by atoms with Crippen LogP contribution in [0.3, 0.4) is 0 Å². The molecule has 0 aliphatic rings. The van der Waals surface area contributed by atoms with E-state index in [2.05, 4.69) is 15.4 Å². The third kappa shape index (κ3) is 2.38. The van der Waals surface area contributed by atoms with Gasteiger partial charge in [0, 0.05) is 11.8 Å². The molecule has 18 heavy (non-hydrogen) atoms. The summed E-state index contributed by atoms with van der Waals surface area (Å²) < 4.78 is 19.2. The van der Waals surface area contributed by atoms with Crippen LogP contribution in [0.5, 0.6) is 11.6 Å². The van der Waals surface area contributed by atoms with E-state index >= 15 is 0 Å². The largest absolute Gasteiger partial charge is 0.435 e. The van der Waals surface area contributed by atoms with Crippen LogP contribution in [-0.2, 0) is 0 Å². The van der Waals surface area contributed by atoms with Gasteiger partial charge in [-0.2, -0.15) is 4.98 Å². The van der Waals surface area contributed by atoms with Crippen LogP contribution in [0.1, 0.15) is 11.1 Å². The van der Waals surface area contributed by atoms with Gasteiger partial charge in [0.2, 0.25) is 11.8 Å². The maximum Gasteiger partial charge on any atom is 0.240 e. The van der Waals surface area contributed by atoms with Crippen molar-refractivity contribution in [3.8, 4) is 11.6 Å². The van der Waals surface area contributed by atoms with Crippen molar-refractivity contribution in [2.75, 3.05) is 5.43 Å². The Morgan fingerprint density at radius 2 is 2.06 bits per heavy atom. The van der Waals surface area contributed by atoms with Gasteiger partial charge < -0.3 is 4.74 Å². The van der Waals surface area contributed by atoms with E-state index in [-0.39, 0.29) is 17.6 Å². The first-order valence-electron chi connectivity index (χ1n) is 5.35. The van der Waals surface area contributed by atoms with Crippen LogP contribution in [0.15, 0.2) is 24.4 Å². The van der Waals surface area contributed by atoms with E-state index < -0.39 is 5.82 Å². The number of benzene rings is 1. The van der Waals surface area contributed by atoms with E-state index in [4.69, 9.17) is 10.6 Å². The summed E-state index contributed by atoms with van der Waals surface area (Å²) in [6, 6.07) is 4.92. The van der Waals surface area contributed by atoms with E-state index in [0.717, 1.165) is 0 Å². The number of ether oxygens (including phenoxy) is 1. The summed E-state index contributed by atoms with van der Waals surface area (Å²) in [7, 11) is 0. The quantitative estimate of drug-likeness (QED) is 0.644. The molecule has 0 saturated carbocycles. The third-order valence-electron chi connectivity index (χ3n) is 2.42. The predicted molar refractivity (Wildman–Crippen MR) is 65.8 cm³/mol. The zero-order valence-electron chi connectivity index (χ0n) is 10.1. The monoisotopic (exact) mass is 248 g/mol. The molecule has 0 atom stereocenters. The third-order valence-corrected chi connectivity index (χ3v) is 2.42. The summed E-state index contributed by atoms with van der Waals surface area (Å²) in [5.41, 5.74) is 3.51. The lowest BCUT2D eigenvalue weighted by Crippen LogP contribution is -2.11. The number of anilines is 1. The zero-order chi connectivity index (χ0) is 13.1. The van der Waals surface area contributed by atoms with E-state index in [1.165, 1.54) is 0 Å². The van der Waals surface area contributed by atoms with Gasteiger partial charge in [0.25, 0.3) is 0 Å². The van der Waals surface area contributed by atoms with Crippen LogP contribution in [0, 0.1) is 19.7 Å². The Balaban J connectivity index is 2.36. The molecule has 6 heteroatoms. The smallest absolute Gasteiger partial charge is 0.240 e. The lowest BCUT2D eigenvalue weighted by atomic mass is 10.2. The first kappa shape index (κ1) is 12.3. The Bertz CT molecular complexity index is 574. The van der Waals surface area contributed by atoms with Crippen LogP contribution in [0.4, 0.5) is 10.3 Å². The van der Waals surface area contributed by atoms with Gasteiger partial charge in [-0.3, -0.25) is 5.43 Å². The minimum Gasteiger partial charge on any atom is -0.435 e. The number of halogens is 1. The summed E-state index contributed by atoms with van der Waals surface area (Å²) in [5, 5.41) is 0. The zero-order valence-corrected chi connectivity index (χ0v) is 10.1. The normalized spacial score (nSPS) is 10.2. The highest BCUT2D eigenvalue weighted by atomic mass is 19.1. The molecule has 0 fully saturated rings. The Labute approximate surface area is 104 Å².